The van der Waals surface area contributed by atoms with Crippen LogP contribution >= 0.6 is 0 Å². The van der Waals surface area contributed by atoms with Crippen LogP contribution in [0.2, 0.25) is 0 Å². The van der Waals surface area contributed by atoms with E-state index in [9.17, 15) is 5.11 Å². The van der Waals surface area contributed by atoms with Crippen molar-refractivity contribution in [1.29, 1.82) is 0 Å². The molecule has 0 bridgehead atoms. The first-order chi connectivity index (χ1) is 16.1. The number of aromatic nitrogens is 3. The lowest BCUT2D eigenvalue weighted by Crippen LogP contribution is -2.15. The molecule has 0 aliphatic heterocycles. The van der Waals surface area contributed by atoms with Gasteiger partial charge < -0.3 is 14.7 Å². The molecule has 5 aromatic rings. The highest BCUT2D eigenvalue weighted by Crippen LogP contribution is 2.27. The maximum atomic E-state index is 9.53. The summed E-state index contributed by atoms with van der Waals surface area (Å²) in [5.41, 5.74) is 4.92. The van der Waals surface area contributed by atoms with Crippen molar-refractivity contribution in [2.75, 3.05) is 27.2 Å². The monoisotopic (exact) mass is 438 g/mol. The van der Waals surface area contributed by atoms with Gasteiger partial charge in [-0.15, -0.1) is 0 Å². The Balaban J connectivity index is 1.39. The molecule has 0 amide bonds. The summed E-state index contributed by atoms with van der Waals surface area (Å²) in [7, 11) is 4.13. The molecule has 0 saturated heterocycles. The van der Waals surface area contributed by atoms with Crippen LogP contribution in [-0.2, 0) is 0 Å². The molecule has 0 spiro atoms. The smallest absolute Gasteiger partial charge is 0.139 e. The van der Waals surface area contributed by atoms with Crippen LogP contribution in [0, 0.1) is 0 Å². The molecule has 0 unspecified atom stereocenters. The zero-order chi connectivity index (χ0) is 22.8. The van der Waals surface area contributed by atoms with Crippen LogP contribution in [0.1, 0.15) is 6.42 Å². The molecule has 166 valence electrons. The molecule has 0 fully saturated rings. The van der Waals surface area contributed by atoms with Gasteiger partial charge in [-0.1, -0.05) is 18.2 Å². The number of aromatic hydroxyl groups is 1. The van der Waals surface area contributed by atoms with Crippen molar-refractivity contribution >= 4 is 21.9 Å². The van der Waals surface area contributed by atoms with Crippen LogP contribution in [0.25, 0.3) is 38.9 Å². The molecule has 6 nitrogen and oxygen atoms in total. The molecule has 0 atom stereocenters. The zero-order valence-corrected chi connectivity index (χ0v) is 18.8. The van der Waals surface area contributed by atoms with E-state index in [0.29, 0.717) is 6.61 Å². The van der Waals surface area contributed by atoms with Crippen molar-refractivity contribution in [3.63, 3.8) is 0 Å². The quantitative estimate of drug-likeness (QED) is 0.351. The van der Waals surface area contributed by atoms with Crippen molar-refractivity contribution in [2.45, 2.75) is 6.42 Å². The molecule has 5 rings (SSSR count). The highest BCUT2D eigenvalue weighted by atomic mass is 16.5. The number of imidazole rings is 1. The average molecular weight is 439 g/mol. The van der Waals surface area contributed by atoms with E-state index in [4.69, 9.17) is 9.72 Å². The summed E-state index contributed by atoms with van der Waals surface area (Å²) in [6.45, 7) is 1.68. The van der Waals surface area contributed by atoms with Crippen LogP contribution in [0.3, 0.4) is 0 Å². The van der Waals surface area contributed by atoms with Gasteiger partial charge in [0.15, 0.2) is 0 Å². The van der Waals surface area contributed by atoms with E-state index in [2.05, 4.69) is 42.2 Å². The molecule has 1 N–H and O–H groups in total. The molecule has 0 radical (unpaired) electrons. The summed E-state index contributed by atoms with van der Waals surface area (Å²) in [5.74, 6) is 1.92. The summed E-state index contributed by atoms with van der Waals surface area (Å²) in [6, 6.07) is 23.5. The van der Waals surface area contributed by atoms with Crippen molar-refractivity contribution in [3.8, 4) is 28.4 Å². The first-order valence-electron chi connectivity index (χ1n) is 11.0. The first-order valence-corrected chi connectivity index (χ1v) is 11.0. The van der Waals surface area contributed by atoms with E-state index in [-0.39, 0.29) is 5.75 Å². The Kier molecular flexibility index (Phi) is 5.67. The minimum Gasteiger partial charge on any atom is -0.508 e. The van der Waals surface area contributed by atoms with Crippen molar-refractivity contribution in [2.24, 2.45) is 0 Å². The Labute approximate surface area is 192 Å². The largest absolute Gasteiger partial charge is 0.508 e. The average Bonchev–Trinajstić information content (AvgIpc) is 3.25. The third-order valence-corrected chi connectivity index (χ3v) is 5.66. The highest BCUT2D eigenvalue weighted by Gasteiger charge is 2.09. The molecule has 3 aromatic carbocycles. The lowest BCUT2D eigenvalue weighted by molar-refractivity contribution is 0.282. The zero-order valence-electron chi connectivity index (χ0n) is 18.8. The second-order valence-electron chi connectivity index (χ2n) is 8.39. The van der Waals surface area contributed by atoms with Crippen LogP contribution in [0.15, 0.2) is 79.1 Å². The first kappa shape index (κ1) is 21.0. The number of nitrogens with zero attached hydrogens (tertiary/aromatic N) is 4. The fraction of sp³-hybridized carbons (Fsp3) is 0.185. The van der Waals surface area contributed by atoms with Gasteiger partial charge in [-0.25, -0.2) is 9.97 Å². The Morgan fingerprint density at radius 3 is 2.52 bits per heavy atom. The number of hydrogen-bond acceptors (Lipinski definition) is 5. The van der Waals surface area contributed by atoms with Crippen LogP contribution in [-0.4, -0.2) is 51.8 Å². The van der Waals surface area contributed by atoms with Crippen molar-refractivity contribution in [1.82, 2.24) is 19.4 Å². The van der Waals surface area contributed by atoms with E-state index < -0.39 is 0 Å². The predicted molar refractivity (Wildman–Crippen MR) is 132 cm³/mol. The van der Waals surface area contributed by atoms with E-state index >= 15 is 0 Å². The Morgan fingerprint density at radius 1 is 0.879 bits per heavy atom. The molecule has 0 aliphatic rings. The lowest BCUT2D eigenvalue weighted by atomic mass is 10.0. The van der Waals surface area contributed by atoms with E-state index in [1.807, 2.05) is 47.0 Å². The van der Waals surface area contributed by atoms with E-state index in [0.717, 1.165) is 57.6 Å². The van der Waals surface area contributed by atoms with Crippen molar-refractivity contribution < 1.29 is 9.84 Å². The van der Waals surface area contributed by atoms with Gasteiger partial charge in [-0.3, -0.25) is 4.57 Å². The molecule has 6 heteroatoms. The van der Waals surface area contributed by atoms with Crippen LogP contribution in [0.5, 0.6) is 11.5 Å². The highest BCUT2D eigenvalue weighted by molar-refractivity contribution is 5.86. The molecule has 2 aromatic heterocycles. The summed E-state index contributed by atoms with van der Waals surface area (Å²) < 4.78 is 7.88. The lowest BCUT2D eigenvalue weighted by Gasteiger charge is -2.10. The molecular formula is C27H26N4O2. The standard InChI is InChI=1S/C27H26N4O2/c1-30(2)14-3-15-33-23-10-12-26-25(17-23)28-18-31(26)27-13-7-21-16-20(6-11-24(21)29-27)19-4-8-22(32)9-5-19/h4-13,16-18,32H,3,14-15H2,1-2H3. The molecular weight excluding hydrogens is 412 g/mol. The number of pyridine rings is 1. The van der Waals surface area contributed by atoms with Gasteiger partial charge in [-0.2, -0.15) is 0 Å². The molecule has 0 aliphatic carbocycles. The van der Waals surface area contributed by atoms with Gasteiger partial charge in [0.05, 0.1) is 23.2 Å². The van der Waals surface area contributed by atoms with Crippen LogP contribution in [0.4, 0.5) is 0 Å². The third-order valence-electron chi connectivity index (χ3n) is 5.66. The second-order valence-corrected chi connectivity index (χ2v) is 8.39. The van der Waals surface area contributed by atoms with E-state index in [1.54, 1.807) is 18.5 Å². The number of benzene rings is 3. The number of fused-ring (bicyclic) bond motifs is 2. The summed E-state index contributed by atoms with van der Waals surface area (Å²) >= 11 is 0. The number of hydrogen-bond donors (Lipinski definition) is 1. The van der Waals surface area contributed by atoms with Crippen LogP contribution < -0.4 is 4.74 Å². The van der Waals surface area contributed by atoms with Gasteiger partial charge in [0, 0.05) is 18.0 Å². The van der Waals surface area contributed by atoms with Gasteiger partial charge in [-0.05, 0) is 80.2 Å². The summed E-state index contributed by atoms with van der Waals surface area (Å²) in [5, 5.41) is 10.6. The fourth-order valence-electron chi connectivity index (χ4n) is 3.92. The second kappa shape index (κ2) is 8.92. The normalized spacial score (nSPS) is 11.5. The van der Waals surface area contributed by atoms with Crippen molar-refractivity contribution in [3.05, 3.63) is 79.1 Å². The van der Waals surface area contributed by atoms with Gasteiger partial charge in [0.1, 0.15) is 23.6 Å². The number of phenols is 1. The maximum Gasteiger partial charge on any atom is 0.139 e. The summed E-state index contributed by atoms with van der Waals surface area (Å²) in [4.78, 5) is 11.6. The predicted octanol–water partition coefficient (Wildman–Crippen LogP) is 5.28. The SMILES string of the molecule is CN(C)CCCOc1ccc2c(c1)ncn2-c1ccc2cc(-c3ccc(O)cc3)ccc2n1. The topological polar surface area (TPSA) is 63.4 Å². The van der Waals surface area contributed by atoms with Gasteiger partial charge >= 0.3 is 0 Å². The van der Waals surface area contributed by atoms with Gasteiger partial charge in [0.2, 0.25) is 0 Å². The maximum absolute atomic E-state index is 9.53. The fourth-order valence-corrected chi connectivity index (χ4v) is 3.92. The molecule has 0 saturated carbocycles. The summed E-state index contributed by atoms with van der Waals surface area (Å²) in [6.07, 6.45) is 2.79. The molecule has 33 heavy (non-hydrogen) atoms. The Hall–Kier alpha value is -3.90. The van der Waals surface area contributed by atoms with Gasteiger partial charge in [0.25, 0.3) is 0 Å². The number of rotatable bonds is 7. The minimum atomic E-state index is 0.265. The minimum absolute atomic E-state index is 0.265. The Morgan fingerprint density at radius 2 is 1.70 bits per heavy atom. The van der Waals surface area contributed by atoms with E-state index in [1.165, 1.54) is 0 Å². The number of phenolic OH excluding ortho intramolecular Hbond substituents is 1. The Bertz CT molecular complexity index is 1410. The number of ether oxygens (including phenoxy) is 1. The third kappa shape index (κ3) is 4.52. The molecule has 2 heterocycles.